The Morgan fingerprint density at radius 2 is 2.00 bits per heavy atom. The summed E-state index contributed by atoms with van der Waals surface area (Å²) in [6.45, 7) is 1.75. The Bertz CT molecular complexity index is 784. The van der Waals surface area contributed by atoms with Crippen LogP contribution in [0.2, 0.25) is 0 Å². The van der Waals surface area contributed by atoms with Crippen LogP contribution in [0, 0.1) is 6.92 Å². The lowest BCUT2D eigenvalue weighted by molar-refractivity contribution is -0.138. The summed E-state index contributed by atoms with van der Waals surface area (Å²) in [5.74, 6) is -1.95. The normalized spacial score (nSPS) is 11.4. The lowest BCUT2D eigenvalue weighted by Crippen LogP contribution is -2.29. The Hall–Kier alpha value is -2.84. The fraction of sp³-hybridized carbons (Fsp3) is 0.267. The number of carboxylic acid groups (broad SMARTS) is 1. The van der Waals surface area contributed by atoms with Crippen LogP contribution in [0.5, 0.6) is 0 Å². The Morgan fingerprint density at radius 1 is 1.33 bits per heavy atom. The van der Waals surface area contributed by atoms with Crippen LogP contribution in [0.4, 0.5) is 13.2 Å². The van der Waals surface area contributed by atoms with E-state index in [0.29, 0.717) is 11.9 Å². The molecule has 1 aromatic carbocycles. The van der Waals surface area contributed by atoms with Gasteiger partial charge in [0, 0.05) is 18.9 Å². The zero-order valence-corrected chi connectivity index (χ0v) is 12.8. The molecule has 1 aromatic heterocycles. The van der Waals surface area contributed by atoms with Gasteiger partial charge in [0.1, 0.15) is 5.82 Å². The highest BCUT2D eigenvalue weighted by Crippen LogP contribution is 2.33. The van der Waals surface area contributed by atoms with Gasteiger partial charge in [-0.25, -0.2) is 9.78 Å². The Labute approximate surface area is 134 Å². The number of H-pyrrole nitrogens is 1. The lowest BCUT2D eigenvalue weighted by Gasteiger charge is -2.19. The van der Waals surface area contributed by atoms with Gasteiger partial charge in [0.15, 0.2) is 0 Å². The second-order valence-electron chi connectivity index (χ2n) is 5.24. The molecule has 0 radical (unpaired) electrons. The third-order valence-corrected chi connectivity index (χ3v) is 3.29. The van der Waals surface area contributed by atoms with Gasteiger partial charge in [0.25, 0.3) is 5.91 Å². The molecule has 9 heteroatoms. The van der Waals surface area contributed by atoms with Gasteiger partial charge in [-0.2, -0.15) is 13.2 Å². The van der Waals surface area contributed by atoms with Crippen molar-refractivity contribution in [3.63, 3.8) is 0 Å². The van der Waals surface area contributed by atoms with Crippen LogP contribution >= 0.6 is 0 Å². The van der Waals surface area contributed by atoms with E-state index in [0.717, 1.165) is 22.7 Å². The Kier molecular flexibility index (Phi) is 4.63. The maximum atomic E-state index is 13.2. The number of hydrogen-bond donors (Lipinski definition) is 2. The summed E-state index contributed by atoms with van der Waals surface area (Å²) in [6.07, 6.45) is -3.31. The number of aryl methyl sites for hydroxylation is 1. The predicted molar refractivity (Wildman–Crippen MR) is 77.5 cm³/mol. The van der Waals surface area contributed by atoms with Crippen LogP contribution in [-0.4, -0.2) is 38.9 Å². The van der Waals surface area contributed by atoms with Crippen molar-refractivity contribution >= 4 is 11.9 Å². The molecule has 0 aliphatic carbocycles. The molecule has 2 aromatic rings. The molecule has 0 aliphatic rings. The minimum absolute atomic E-state index is 0.00927. The van der Waals surface area contributed by atoms with Gasteiger partial charge < -0.3 is 15.0 Å². The number of rotatable bonds is 4. The summed E-state index contributed by atoms with van der Waals surface area (Å²) >= 11 is 0. The van der Waals surface area contributed by atoms with Crippen molar-refractivity contribution in [3.8, 4) is 0 Å². The highest BCUT2D eigenvalue weighted by Gasteiger charge is 2.36. The molecule has 24 heavy (non-hydrogen) atoms. The van der Waals surface area contributed by atoms with Crippen LogP contribution in [0.25, 0.3) is 0 Å². The number of aromatic carboxylic acids is 1. The van der Waals surface area contributed by atoms with Crippen LogP contribution < -0.4 is 0 Å². The largest absolute Gasteiger partial charge is 0.478 e. The topological polar surface area (TPSA) is 86.3 Å². The van der Waals surface area contributed by atoms with Crippen LogP contribution in [-0.2, 0) is 12.7 Å². The number of nitrogens with one attached hydrogen (secondary N) is 1. The quantitative estimate of drug-likeness (QED) is 0.895. The number of nitrogens with zero attached hydrogens (tertiary/aromatic N) is 2. The van der Waals surface area contributed by atoms with Crippen LogP contribution in [0.1, 0.15) is 37.8 Å². The monoisotopic (exact) mass is 341 g/mol. The molecular formula is C15H14F3N3O3. The van der Waals surface area contributed by atoms with Crippen molar-refractivity contribution in [2.45, 2.75) is 19.6 Å². The van der Waals surface area contributed by atoms with E-state index in [9.17, 15) is 22.8 Å². The Morgan fingerprint density at radius 3 is 2.50 bits per heavy atom. The van der Waals surface area contributed by atoms with Crippen molar-refractivity contribution < 1.29 is 27.9 Å². The molecule has 2 N–H and O–H groups in total. The van der Waals surface area contributed by atoms with Crippen molar-refractivity contribution in [1.82, 2.24) is 14.9 Å². The average Bonchev–Trinajstić information content (AvgIpc) is 2.90. The van der Waals surface area contributed by atoms with E-state index in [1.165, 1.54) is 13.2 Å². The zero-order valence-electron chi connectivity index (χ0n) is 12.8. The predicted octanol–water partition coefficient (Wildman–Crippen LogP) is 2.71. The standard InChI is InChI=1S/C15H14F3N3O3/c1-8-6-19-12(20-8)7-21(2)13(22)10-4-3-9(14(23)24)5-11(10)15(16,17)18/h3-6H,7H2,1-2H3,(H,19,20)(H,23,24). The maximum Gasteiger partial charge on any atom is 0.417 e. The van der Waals surface area contributed by atoms with Crippen LogP contribution in [0.3, 0.4) is 0 Å². The molecule has 0 saturated heterocycles. The summed E-state index contributed by atoms with van der Waals surface area (Å²) < 4.78 is 39.5. The number of alkyl halides is 3. The first kappa shape index (κ1) is 17.5. The summed E-state index contributed by atoms with van der Waals surface area (Å²) in [5.41, 5.74) is -1.68. The molecule has 0 atom stereocenters. The van der Waals surface area contributed by atoms with E-state index in [-0.39, 0.29) is 6.54 Å². The van der Waals surface area contributed by atoms with Gasteiger partial charge in [0.05, 0.1) is 23.2 Å². The first-order valence-electron chi connectivity index (χ1n) is 6.80. The van der Waals surface area contributed by atoms with Gasteiger partial charge in [-0.15, -0.1) is 0 Å². The number of hydrogen-bond acceptors (Lipinski definition) is 3. The maximum absolute atomic E-state index is 13.2. The van der Waals surface area contributed by atoms with E-state index < -0.39 is 34.7 Å². The van der Waals surface area contributed by atoms with Crippen LogP contribution in [0.15, 0.2) is 24.4 Å². The van der Waals surface area contributed by atoms with E-state index in [4.69, 9.17) is 5.11 Å². The molecule has 0 saturated carbocycles. The second kappa shape index (κ2) is 6.34. The highest BCUT2D eigenvalue weighted by atomic mass is 19.4. The number of carbonyl (C=O) groups excluding carboxylic acids is 1. The molecule has 0 fully saturated rings. The summed E-state index contributed by atoms with van der Waals surface area (Å²) in [5, 5.41) is 8.84. The van der Waals surface area contributed by atoms with Gasteiger partial charge in [-0.05, 0) is 25.1 Å². The van der Waals surface area contributed by atoms with E-state index in [2.05, 4.69) is 9.97 Å². The minimum Gasteiger partial charge on any atom is -0.478 e. The third-order valence-electron chi connectivity index (χ3n) is 3.29. The number of aromatic amines is 1. The highest BCUT2D eigenvalue weighted by molar-refractivity contribution is 5.97. The first-order valence-corrected chi connectivity index (χ1v) is 6.80. The number of carbonyl (C=O) groups is 2. The van der Waals surface area contributed by atoms with Crippen molar-refractivity contribution in [1.29, 1.82) is 0 Å². The number of amides is 1. The molecule has 0 aliphatic heterocycles. The summed E-state index contributed by atoms with van der Waals surface area (Å²) in [7, 11) is 1.34. The van der Waals surface area contributed by atoms with Gasteiger partial charge in [0.2, 0.25) is 0 Å². The smallest absolute Gasteiger partial charge is 0.417 e. The number of halogens is 3. The summed E-state index contributed by atoms with van der Waals surface area (Å²) in [4.78, 5) is 31.1. The molecule has 0 spiro atoms. The minimum atomic E-state index is -4.85. The molecule has 1 amide bonds. The number of carboxylic acids is 1. The van der Waals surface area contributed by atoms with Crippen molar-refractivity contribution in [2.24, 2.45) is 0 Å². The van der Waals surface area contributed by atoms with E-state index in [1.54, 1.807) is 6.92 Å². The molecular weight excluding hydrogens is 327 g/mol. The second-order valence-corrected chi connectivity index (χ2v) is 5.24. The van der Waals surface area contributed by atoms with Crippen molar-refractivity contribution in [3.05, 3.63) is 52.6 Å². The SMILES string of the molecule is Cc1cnc(CN(C)C(=O)c2ccc(C(=O)O)cc2C(F)(F)F)[nH]1. The van der Waals surface area contributed by atoms with E-state index in [1.807, 2.05) is 0 Å². The molecule has 2 rings (SSSR count). The number of aromatic nitrogens is 2. The van der Waals surface area contributed by atoms with Gasteiger partial charge in [-0.3, -0.25) is 4.79 Å². The fourth-order valence-electron chi connectivity index (χ4n) is 2.15. The average molecular weight is 341 g/mol. The first-order chi connectivity index (χ1) is 11.1. The Balaban J connectivity index is 2.35. The summed E-state index contributed by atoms with van der Waals surface area (Å²) in [6, 6.07) is 2.30. The number of benzene rings is 1. The molecule has 128 valence electrons. The van der Waals surface area contributed by atoms with Crippen molar-refractivity contribution in [2.75, 3.05) is 7.05 Å². The third kappa shape index (κ3) is 3.73. The zero-order chi connectivity index (χ0) is 18.1. The molecule has 0 bridgehead atoms. The van der Waals surface area contributed by atoms with Gasteiger partial charge in [-0.1, -0.05) is 0 Å². The lowest BCUT2D eigenvalue weighted by atomic mass is 10.0. The molecule has 0 unspecified atom stereocenters. The number of imidazole rings is 1. The van der Waals surface area contributed by atoms with Gasteiger partial charge >= 0.3 is 12.1 Å². The molecule has 1 heterocycles. The molecule has 6 nitrogen and oxygen atoms in total. The van der Waals surface area contributed by atoms with E-state index >= 15 is 0 Å². The fourth-order valence-corrected chi connectivity index (χ4v) is 2.15.